The van der Waals surface area contributed by atoms with E-state index in [2.05, 4.69) is 24.8 Å². The van der Waals surface area contributed by atoms with E-state index in [1.807, 2.05) is 25.4 Å². The van der Waals surface area contributed by atoms with Crippen molar-refractivity contribution < 1.29 is 9.26 Å². The molecule has 25 heavy (non-hydrogen) atoms. The van der Waals surface area contributed by atoms with Crippen LogP contribution >= 0.6 is 0 Å². The summed E-state index contributed by atoms with van der Waals surface area (Å²) in [7, 11) is 0. The van der Waals surface area contributed by atoms with E-state index in [9.17, 15) is 0 Å². The first-order valence-electron chi connectivity index (χ1n) is 8.83. The van der Waals surface area contributed by atoms with Gasteiger partial charge in [0.05, 0.1) is 19.4 Å². The first kappa shape index (κ1) is 16.3. The van der Waals surface area contributed by atoms with E-state index in [4.69, 9.17) is 14.2 Å². The maximum Gasteiger partial charge on any atom is 0.227 e. The van der Waals surface area contributed by atoms with Crippen molar-refractivity contribution in [2.75, 3.05) is 62.3 Å². The number of rotatable bonds is 4. The average molecular weight is 344 g/mol. The zero-order chi connectivity index (χ0) is 17.1. The summed E-state index contributed by atoms with van der Waals surface area (Å²) in [6, 6.07) is 1.99. The SMILES string of the molecule is Cc1oncc1CN1CCN(c2nccc(N3CCOCC3)n2)CC1. The molecule has 2 aromatic rings. The molecule has 8 heteroatoms. The summed E-state index contributed by atoms with van der Waals surface area (Å²) < 4.78 is 10.6. The monoisotopic (exact) mass is 344 g/mol. The van der Waals surface area contributed by atoms with E-state index in [0.29, 0.717) is 0 Å². The highest BCUT2D eigenvalue weighted by molar-refractivity contribution is 5.44. The number of ether oxygens (including phenoxy) is 1. The Labute approximate surface area is 147 Å². The van der Waals surface area contributed by atoms with E-state index in [1.165, 1.54) is 5.56 Å². The Morgan fingerprint density at radius 1 is 1.04 bits per heavy atom. The highest BCUT2D eigenvalue weighted by atomic mass is 16.5. The molecule has 0 N–H and O–H groups in total. The molecule has 2 aliphatic rings. The summed E-state index contributed by atoms with van der Waals surface area (Å²) in [5, 5.41) is 3.86. The van der Waals surface area contributed by atoms with Crippen molar-refractivity contribution in [1.29, 1.82) is 0 Å². The van der Waals surface area contributed by atoms with Gasteiger partial charge in [-0.1, -0.05) is 5.16 Å². The molecule has 134 valence electrons. The Morgan fingerprint density at radius 2 is 1.84 bits per heavy atom. The quantitative estimate of drug-likeness (QED) is 0.811. The lowest BCUT2D eigenvalue weighted by atomic mass is 10.2. The summed E-state index contributed by atoms with van der Waals surface area (Å²) in [6.45, 7) is 9.98. The molecule has 0 unspecified atom stereocenters. The second-order valence-electron chi connectivity index (χ2n) is 6.48. The molecule has 2 saturated heterocycles. The highest BCUT2D eigenvalue weighted by Crippen LogP contribution is 2.18. The van der Waals surface area contributed by atoms with Gasteiger partial charge < -0.3 is 19.1 Å². The Hall–Kier alpha value is -2.19. The number of morpholine rings is 1. The zero-order valence-electron chi connectivity index (χ0n) is 14.6. The van der Waals surface area contributed by atoms with Crippen LogP contribution in [0.25, 0.3) is 0 Å². The molecule has 2 fully saturated rings. The van der Waals surface area contributed by atoms with Gasteiger partial charge in [0.25, 0.3) is 0 Å². The third-order valence-electron chi connectivity index (χ3n) is 4.86. The standard InChI is InChI=1S/C17H24N6O2/c1-14-15(12-19-25-14)13-21-4-6-23(7-5-21)17-18-3-2-16(20-17)22-8-10-24-11-9-22/h2-3,12H,4-11,13H2,1H3. The van der Waals surface area contributed by atoms with Gasteiger partial charge in [-0.05, 0) is 13.0 Å². The molecule has 0 amide bonds. The van der Waals surface area contributed by atoms with Crippen LogP contribution in [0.1, 0.15) is 11.3 Å². The molecule has 2 aromatic heterocycles. The number of aryl methyl sites for hydroxylation is 1. The Morgan fingerprint density at radius 3 is 2.56 bits per heavy atom. The predicted molar refractivity (Wildman–Crippen MR) is 93.8 cm³/mol. The summed E-state index contributed by atoms with van der Waals surface area (Å²) in [4.78, 5) is 16.2. The van der Waals surface area contributed by atoms with Gasteiger partial charge in [-0.25, -0.2) is 4.98 Å². The minimum absolute atomic E-state index is 0.764. The number of piperazine rings is 1. The molecule has 0 aromatic carbocycles. The number of hydrogen-bond acceptors (Lipinski definition) is 8. The van der Waals surface area contributed by atoms with E-state index in [1.54, 1.807) is 0 Å². The fourth-order valence-electron chi connectivity index (χ4n) is 3.28. The molecule has 0 radical (unpaired) electrons. The van der Waals surface area contributed by atoms with Crippen molar-refractivity contribution in [1.82, 2.24) is 20.0 Å². The predicted octanol–water partition coefficient (Wildman–Crippen LogP) is 0.932. The second-order valence-corrected chi connectivity index (χ2v) is 6.48. The third kappa shape index (κ3) is 3.74. The van der Waals surface area contributed by atoms with Gasteiger partial charge in [-0.3, -0.25) is 4.90 Å². The summed E-state index contributed by atoms with van der Waals surface area (Å²) in [5.41, 5.74) is 1.17. The Balaban J connectivity index is 1.36. The van der Waals surface area contributed by atoms with Crippen molar-refractivity contribution >= 4 is 11.8 Å². The first-order valence-corrected chi connectivity index (χ1v) is 8.83. The molecule has 4 rings (SSSR count). The van der Waals surface area contributed by atoms with Crippen LogP contribution < -0.4 is 9.80 Å². The van der Waals surface area contributed by atoms with E-state index < -0.39 is 0 Å². The van der Waals surface area contributed by atoms with Crippen molar-refractivity contribution in [3.8, 4) is 0 Å². The lowest BCUT2D eigenvalue weighted by molar-refractivity contribution is 0.122. The Kier molecular flexibility index (Phi) is 4.80. The van der Waals surface area contributed by atoms with Crippen LogP contribution in [-0.4, -0.2) is 72.5 Å². The second kappa shape index (κ2) is 7.37. The normalized spacial score (nSPS) is 19.4. The van der Waals surface area contributed by atoms with Gasteiger partial charge in [-0.2, -0.15) is 4.98 Å². The largest absolute Gasteiger partial charge is 0.378 e. The van der Waals surface area contributed by atoms with Gasteiger partial charge in [0.2, 0.25) is 5.95 Å². The van der Waals surface area contributed by atoms with E-state index in [0.717, 1.165) is 76.6 Å². The minimum atomic E-state index is 0.764. The van der Waals surface area contributed by atoms with Crippen LogP contribution in [0.3, 0.4) is 0 Å². The Bertz CT molecular complexity index is 692. The number of nitrogens with zero attached hydrogens (tertiary/aromatic N) is 6. The summed E-state index contributed by atoms with van der Waals surface area (Å²) >= 11 is 0. The number of hydrogen-bond donors (Lipinski definition) is 0. The lowest BCUT2D eigenvalue weighted by Crippen LogP contribution is -2.46. The molecule has 0 aliphatic carbocycles. The van der Waals surface area contributed by atoms with Gasteiger partial charge in [0, 0.05) is 57.6 Å². The molecule has 2 aliphatic heterocycles. The smallest absolute Gasteiger partial charge is 0.227 e. The van der Waals surface area contributed by atoms with Crippen molar-refractivity contribution in [2.45, 2.75) is 13.5 Å². The van der Waals surface area contributed by atoms with Crippen molar-refractivity contribution in [3.63, 3.8) is 0 Å². The van der Waals surface area contributed by atoms with Crippen LogP contribution in [-0.2, 0) is 11.3 Å². The molecule has 0 saturated carbocycles. The van der Waals surface area contributed by atoms with Crippen LogP contribution in [0.15, 0.2) is 23.0 Å². The lowest BCUT2D eigenvalue weighted by Gasteiger charge is -2.35. The van der Waals surface area contributed by atoms with Gasteiger partial charge in [0.1, 0.15) is 11.6 Å². The minimum Gasteiger partial charge on any atom is -0.378 e. The maximum absolute atomic E-state index is 5.42. The van der Waals surface area contributed by atoms with Gasteiger partial charge in [-0.15, -0.1) is 0 Å². The van der Waals surface area contributed by atoms with E-state index >= 15 is 0 Å². The molecule has 8 nitrogen and oxygen atoms in total. The molecular formula is C17H24N6O2. The summed E-state index contributed by atoms with van der Waals surface area (Å²) in [6.07, 6.45) is 3.68. The highest BCUT2D eigenvalue weighted by Gasteiger charge is 2.21. The van der Waals surface area contributed by atoms with Crippen LogP contribution in [0.2, 0.25) is 0 Å². The molecular weight excluding hydrogens is 320 g/mol. The number of anilines is 2. The zero-order valence-corrected chi connectivity index (χ0v) is 14.6. The fourth-order valence-corrected chi connectivity index (χ4v) is 3.28. The summed E-state index contributed by atoms with van der Waals surface area (Å²) in [5.74, 6) is 2.73. The van der Waals surface area contributed by atoms with Gasteiger partial charge in [0.15, 0.2) is 0 Å². The van der Waals surface area contributed by atoms with Crippen molar-refractivity contribution in [2.24, 2.45) is 0 Å². The van der Waals surface area contributed by atoms with E-state index in [-0.39, 0.29) is 0 Å². The van der Waals surface area contributed by atoms with Crippen LogP contribution in [0, 0.1) is 6.92 Å². The average Bonchev–Trinajstić information content (AvgIpc) is 3.08. The third-order valence-corrected chi connectivity index (χ3v) is 4.86. The van der Waals surface area contributed by atoms with Crippen LogP contribution in [0.4, 0.5) is 11.8 Å². The maximum atomic E-state index is 5.42. The topological polar surface area (TPSA) is 70.8 Å². The fraction of sp³-hybridized carbons (Fsp3) is 0.588. The first-order chi connectivity index (χ1) is 12.3. The van der Waals surface area contributed by atoms with Crippen molar-refractivity contribution in [3.05, 3.63) is 29.8 Å². The number of aromatic nitrogens is 3. The van der Waals surface area contributed by atoms with Gasteiger partial charge >= 0.3 is 0 Å². The van der Waals surface area contributed by atoms with Crippen LogP contribution in [0.5, 0.6) is 0 Å². The molecule has 0 bridgehead atoms. The molecule has 4 heterocycles. The molecule has 0 atom stereocenters. The molecule has 0 spiro atoms.